The van der Waals surface area contributed by atoms with Crippen LogP contribution in [0.4, 0.5) is 0 Å². The van der Waals surface area contributed by atoms with Gasteiger partial charge < -0.3 is 5.11 Å². The average molecular weight is 325 g/mol. The van der Waals surface area contributed by atoms with Crippen molar-refractivity contribution in [1.29, 1.82) is 0 Å². The molecular weight excluding hydrogens is 306 g/mol. The molecule has 1 N–H and O–H groups in total. The predicted molar refractivity (Wildman–Crippen MR) is 103 cm³/mol. The van der Waals surface area contributed by atoms with Gasteiger partial charge in [-0.2, -0.15) is 0 Å². The average Bonchev–Trinajstić information content (AvgIpc) is 2.67. The second-order valence-corrected chi connectivity index (χ2v) is 6.86. The molecule has 0 saturated heterocycles. The number of fused-ring (bicyclic) bond motifs is 5. The number of aromatic nitrogens is 1. The first-order chi connectivity index (χ1) is 12.3. The van der Waals surface area contributed by atoms with Gasteiger partial charge in [0.25, 0.3) is 0 Å². The summed E-state index contributed by atoms with van der Waals surface area (Å²) >= 11 is 0. The van der Waals surface area contributed by atoms with Crippen molar-refractivity contribution in [3.05, 3.63) is 71.8 Å². The van der Waals surface area contributed by atoms with Gasteiger partial charge in [-0.05, 0) is 65.8 Å². The molecule has 0 amide bonds. The maximum absolute atomic E-state index is 9.91. The van der Waals surface area contributed by atoms with Crippen molar-refractivity contribution in [3.8, 4) is 17.0 Å². The van der Waals surface area contributed by atoms with E-state index in [2.05, 4.69) is 36.4 Å². The summed E-state index contributed by atoms with van der Waals surface area (Å²) in [5.74, 6) is 0.294. The minimum absolute atomic E-state index is 0.294. The van der Waals surface area contributed by atoms with Gasteiger partial charge in [0.15, 0.2) is 0 Å². The molecular formula is C23H19NO. The lowest BCUT2D eigenvalue weighted by Gasteiger charge is -2.22. The molecule has 1 aliphatic rings. The van der Waals surface area contributed by atoms with Crippen molar-refractivity contribution in [2.75, 3.05) is 0 Å². The van der Waals surface area contributed by atoms with Crippen molar-refractivity contribution in [2.24, 2.45) is 0 Å². The van der Waals surface area contributed by atoms with E-state index in [1.165, 1.54) is 40.1 Å². The van der Waals surface area contributed by atoms with E-state index < -0.39 is 0 Å². The zero-order valence-corrected chi connectivity index (χ0v) is 14.0. The molecule has 0 spiro atoms. The van der Waals surface area contributed by atoms with Gasteiger partial charge in [0, 0.05) is 10.9 Å². The molecule has 1 heterocycles. The summed E-state index contributed by atoms with van der Waals surface area (Å²) in [4.78, 5) is 5.04. The minimum Gasteiger partial charge on any atom is -0.508 e. The van der Waals surface area contributed by atoms with Crippen molar-refractivity contribution in [2.45, 2.75) is 25.7 Å². The van der Waals surface area contributed by atoms with Crippen LogP contribution in [0.3, 0.4) is 0 Å². The van der Waals surface area contributed by atoms with Crippen molar-refractivity contribution in [1.82, 2.24) is 4.98 Å². The highest BCUT2D eigenvalue weighted by Crippen LogP contribution is 2.38. The number of pyridine rings is 1. The summed E-state index contributed by atoms with van der Waals surface area (Å²) in [6.07, 6.45) is 4.60. The molecule has 1 aromatic heterocycles. The Kier molecular flexibility index (Phi) is 3.24. The molecule has 0 saturated carbocycles. The normalized spacial score (nSPS) is 13.9. The van der Waals surface area contributed by atoms with E-state index in [1.807, 2.05) is 18.2 Å². The van der Waals surface area contributed by atoms with E-state index in [0.29, 0.717) is 5.75 Å². The summed E-state index contributed by atoms with van der Waals surface area (Å²) in [5.41, 5.74) is 5.91. The lowest BCUT2D eigenvalue weighted by Crippen LogP contribution is -2.08. The van der Waals surface area contributed by atoms with Gasteiger partial charge in [0.1, 0.15) is 5.75 Å². The van der Waals surface area contributed by atoms with Gasteiger partial charge in [-0.25, -0.2) is 4.98 Å². The van der Waals surface area contributed by atoms with Crippen molar-refractivity contribution < 1.29 is 5.11 Å². The lowest BCUT2D eigenvalue weighted by molar-refractivity contribution is 0.475. The number of phenolic OH excluding ortho intramolecular Hbond substituents is 1. The van der Waals surface area contributed by atoms with E-state index in [9.17, 15) is 5.11 Å². The topological polar surface area (TPSA) is 33.1 Å². The monoisotopic (exact) mass is 325 g/mol. The van der Waals surface area contributed by atoms with Crippen molar-refractivity contribution >= 4 is 21.7 Å². The number of phenols is 1. The van der Waals surface area contributed by atoms with E-state index >= 15 is 0 Å². The first kappa shape index (κ1) is 14.5. The number of hydrogen-bond donors (Lipinski definition) is 1. The number of rotatable bonds is 1. The zero-order chi connectivity index (χ0) is 16.8. The molecule has 4 aromatic rings. The summed E-state index contributed by atoms with van der Waals surface area (Å²) < 4.78 is 0. The van der Waals surface area contributed by atoms with Crippen LogP contribution < -0.4 is 0 Å². The molecule has 0 bridgehead atoms. The SMILES string of the molecule is Oc1cccc(-c2nc3ccc4ccccc4c3c3c2CCCC3)c1. The molecule has 2 heteroatoms. The van der Waals surface area contributed by atoms with Crippen LogP contribution in [-0.4, -0.2) is 10.1 Å². The van der Waals surface area contributed by atoms with Gasteiger partial charge in [-0.15, -0.1) is 0 Å². The maximum Gasteiger partial charge on any atom is 0.116 e. The van der Waals surface area contributed by atoms with E-state index in [4.69, 9.17) is 4.98 Å². The quantitative estimate of drug-likeness (QED) is 0.459. The summed E-state index contributed by atoms with van der Waals surface area (Å²) in [7, 11) is 0. The van der Waals surface area contributed by atoms with Gasteiger partial charge in [-0.1, -0.05) is 42.5 Å². The van der Waals surface area contributed by atoms with Crippen LogP contribution in [0.25, 0.3) is 32.9 Å². The van der Waals surface area contributed by atoms with Gasteiger partial charge in [0.05, 0.1) is 11.2 Å². The first-order valence-electron chi connectivity index (χ1n) is 8.94. The minimum atomic E-state index is 0.294. The fourth-order valence-corrected chi connectivity index (χ4v) is 4.19. The first-order valence-corrected chi connectivity index (χ1v) is 8.94. The van der Waals surface area contributed by atoms with Crippen molar-refractivity contribution in [3.63, 3.8) is 0 Å². The second-order valence-electron chi connectivity index (χ2n) is 6.86. The Morgan fingerprint density at radius 1 is 0.800 bits per heavy atom. The van der Waals surface area contributed by atoms with Gasteiger partial charge in [-0.3, -0.25) is 0 Å². The highest BCUT2D eigenvalue weighted by molar-refractivity contribution is 6.09. The molecule has 0 radical (unpaired) electrons. The Bertz CT molecular complexity index is 1110. The third-order valence-electron chi connectivity index (χ3n) is 5.31. The summed E-state index contributed by atoms with van der Waals surface area (Å²) in [6, 6.07) is 20.4. The second kappa shape index (κ2) is 5.59. The molecule has 0 atom stereocenters. The molecule has 3 aromatic carbocycles. The molecule has 2 nitrogen and oxygen atoms in total. The molecule has 25 heavy (non-hydrogen) atoms. The molecule has 1 aliphatic carbocycles. The highest BCUT2D eigenvalue weighted by Gasteiger charge is 2.20. The largest absolute Gasteiger partial charge is 0.508 e. The zero-order valence-electron chi connectivity index (χ0n) is 14.0. The number of nitrogens with zero attached hydrogens (tertiary/aromatic N) is 1. The summed E-state index contributed by atoms with van der Waals surface area (Å²) in [5, 5.41) is 13.8. The summed E-state index contributed by atoms with van der Waals surface area (Å²) in [6.45, 7) is 0. The Balaban J connectivity index is 1.91. The molecule has 122 valence electrons. The number of aryl methyl sites for hydroxylation is 1. The van der Waals surface area contributed by atoms with Crippen LogP contribution in [0.5, 0.6) is 5.75 Å². The fourth-order valence-electron chi connectivity index (χ4n) is 4.19. The number of hydrogen-bond acceptors (Lipinski definition) is 2. The van der Waals surface area contributed by atoms with Crippen LogP contribution in [0.15, 0.2) is 60.7 Å². The van der Waals surface area contributed by atoms with E-state index in [1.54, 1.807) is 6.07 Å². The standard InChI is InChI=1S/C23H19NO/c25-17-8-5-7-16(14-17)23-20-11-4-3-10-19(20)22-18-9-2-1-6-15(18)12-13-21(22)24-23/h1-2,5-9,12-14,25H,3-4,10-11H2. The fraction of sp³-hybridized carbons (Fsp3) is 0.174. The maximum atomic E-state index is 9.91. The van der Waals surface area contributed by atoms with Crippen LogP contribution in [-0.2, 0) is 12.8 Å². The highest BCUT2D eigenvalue weighted by atomic mass is 16.3. The third-order valence-corrected chi connectivity index (χ3v) is 5.31. The van der Waals surface area contributed by atoms with E-state index in [-0.39, 0.29) is 0 Å². The Morgan fingerprint density at radius 3 is 2.52 bits per heavy atom. The van der Waals surface area contributed by atoms with Crippen LogP contribution in [0, 0.1) is 0 Å². The molecule has 0 fully saturated rings. The Labute approximate surface area is 146 Å². The number of aromatic hydroxyl groups is 1. The van der Waals surface area contributed by atoms with Crippen LogP contribution in [0.2, 0.25) is 0 Å². The Morgan fingerprint density at radius 2 is 1.64 bits per heavy atom. The molecule has 0 unspecified atom stereocenters. The predicted octanol–water partition coefficient (Wildman–Crippen LogP) is 5.64. The molecule has 5 rings (SSSR count). The Hall–Kier alpha value is -2.87. The smallest absolute Gasteiger partial charge is 0.116 e. The third kappa shape index (κ3) is 2.29. The van der Waals surface area contributed by atoms with E-state index in [0.717, 1.165) is 29.6 Å². The van der Waals surface area contributed by atoms with Gasteiger partial charge in [0.2, 0.25) is 0 Å². The van der Waals surface area contributed by atoms with Crippen LogP contribution in [0.1, 0.15) is 24.0 Å². The lowest BCUT2D eigenvalue weighted by atomic mass is 9.85. The van der Waals surface area contributed by atoms with Crippen LogP contribution >= 0.6 is 0 Å². The number of benzene rings is 3. The molecule has 0 aliphatic heterocycles. The van der Waals surface area contributed by atoms with Gasteiger partial charge >= 0.3 is 0 Å².